The molecule has 0 spiro atoms. The lowest BCUT2D eigenvalue weighted by Gasteiger charge is -2.14. The third kappa shape index (κ3) is 4.29. The predicted molar refractivity (Wildman–Crippen MR) is 95.3 cm³/mol. The van der Waals surface area contributed by atoms with Crippen LogP contribution < -0.4 is 0 Å². The maximum atomic E-state index is 9.81. The lowest BCUT2D eigenvalue weighted by Crippen LogP contribution is -2.20. The summed E-state index contributed by atoms with van der Waals surface area (Å²) in [6.07, 6.45) is 8.09. The van der Waals surface area contributed by atoms with Crippen molar-refractivity contribution in [2.45, 2.75) is 38.9 Å². The van der Waals surface area contributed by atoms with Crippen LogP contribution >= 0.6 is 0 Å². The minimum atomic E-state index is 0.209. The smallest absolute Gasteiger partial charge is 0.0658 e. The van der Waals surface area contributed by atoms with E-state index in [9.17, 15) is 5.11 Å². The average molecular weight is 347 g/mol. The Morgan fingerprint density at radius 3 is 2.76 bits per heavy atom. The quantitative estimate of drug-likeness (QED) is 0.784. The van der Waals surface area contributed by atoms with Gasteiger partial charge in [0.2, 0.25) is 0 Å². The fraction of sp³-hybridized carbons (Fsp3) is 0.667. The molecule has 0 radical (unpaired) electrons. The van der Waals surface area contributed by atoms with Crippen LogP contribution in [0.15, 0.2) is 24.8 Å². The van der Waals surface area contributed by atoms with Gasteiger partial charge in [0, 0.05) is 69.2 Å². The highest BCUT2D eigenvalue weighted by Gasteiger charge is 2.34. The molecule has 1 aliphatic heterocycles. The third-order valence-corrected chi connectivity index (χ3v) is 4.95. The van der Waals surface area contributed by atoms with Crippen molar-refractivity contribution < 1.29 is 9.84 Å². The Balaban J connectivity index is 1.63. The van der Waals surface area contributed by atoms with Gasteiger partial charge in [-0.05, 0) is 19.4 Å². The maximum absolute atomic E-state index is 9.81. The highest BCUT2D eigenvalue weighted by Crippen LogP contribution is 2.33. The van der Waals surface area contributed by atoms with Crippen LogP contribution in [0.4, 0.5) is 0 Å². The molecule has 7 heteroatoms. The van der Waals surface area contributed by atoms with E-state index in [-0.39, 0.29) is 12.5 Å². The standard InChI is InChI=1S/C18H29N5O2/c1-14(2)23-11-16(7-20-23)18-12-21(10-17(18)13-24)8-15-6-19-22(9-15)4-5-25-3/h6-7,9,11,14,17-18,24H,4-5,8,10,12-13H2,1-3H3/t17-,18-/m0/s1. The van der Waals surface area contributed by atoms with Gasteiger partial charge in [-0.1, -0.05) is 0 Å². The number of ether oxygens (including phenoxy) is 1. The molecule has 1 aliphatic rings. The molecule has 0 aliphatic carbocycles. The Morgan fingerprint density at radius 1 is 1.24 bits per heavy atom. The van der Waals surface area contributed by atoms with E-state index in [4.69, 9.17) is 4.74 Å². The summed E-state index contributed by atoms with van der Waals surface area (Å²) < 4.78 is 9.00. The van der Waals surface area contributed by atoms with E-state index in [1.54, 1.807) is 7.11 Å². The van der Waals surface area contributed by atoms with Crippen LogP contribution in [0.1, 0.15) is 36.9 Å². The first kappa shape index (κ1) is 18.1. The zero-order valence-corrected chi connectivity index (χ0v) is 15.4. The van der Waals surface area contributed by atoms with E-state index in [1.807, 2.05) is 21.8 Å². The molecule has 7 nitrogen and oxygen atoms in total. The van der Waals surface area contributed by atoms with Crippen LogP contribution in [-0.2, 0) is 17.8 Å². The van der Waals surface area contributed by atoms with Crippen LogP contribution in [0.5, 0.6) is 0 Å². The second-order valence-electron chi connectivity index (χ2n) is 7.20. The number of nitrogens with zero attached hydrogens (tertiary/aromatic N) is 5. The van der Waals surface area contributed by atoms with Crippen LogP contribution in [0.3, 0.4) is 0 Å². The Kier molecular flexibility index (Phi) is 5.88. The Labute approximate surface area is 149 Å². The van der Waals surface area contributed by atoms with Crippen LogP contribution in [0.2, 0.25) is 0 Å². The first-order chi connectivity index (χ1) is 12.1. The molecule has 2 atom stereocenters. The van der Waals surface area contributed by atoms with Gasteiger partial charge >= 0.3 is 0 Å². The predicted octanol–water partition coefficient (Wildman–Crippen LogP) is 1.51. The van der Waals surface area contributed by atoms with E-state index in [0.29, 0.717) is 18.6 Å². The van der Waals surface area contributed by atoms with Crippen LogP contribution in [-0.4, -0.2) is 63.0 Å². The Hall–Kier alpha value is -1.70. The molecule has 1 saturated heterocycles. The summed E-state index contributed by atoms with van der Waals surface area (Å²) in [5.41, 5.74) is 2.43. The summed E-state index contributed by atoms with van der Waals surface area (Å²) in [5.74, 6) is 0.592. The molecule has 0 unspecified atom stereocenters. The molecule has 25 heavy (non-hydrogen) atoms. The second kappa shape index (κ2) is 8.12. The molecule has 138 valence electrons. The highest BCUT2D eigenvalue weighted by molar-refractivity contribution is 5.17. The summed E-state index contributed by atoms with van der Waals surface area (Å²) >= 11 is 0. The number of hydrogen-bond acceptors (Lipinski definition) is 5. The first-order valence-electron chi connectivity index (χ1n) is 8.98. The monoisotopic (exact) mass is 347 g/mol. The van der Waals surface area contributed by atoms with Gasteiger partial charge in [0.05, 0.1) is 25.5 Å². The molecule has 1 N–H and O–H groups in total. The van der Waals surface area contributed by atoms with Gasteiger partial charge in [-0.15, -0.1) is 0 Å². The fourth-order valence-electron chi connectivity index (χ4n) is 3.53. The van der Waals surface area contributed by atoms with Gasteiger partial charge in [-0.3, -0.25) is 14.3 Å². The molecular formula is C18H29N5O2. The maximum Gasteiger partial charge on any atom is 0.0658 e. The molecule has 2 aromatic rings. The second-order valence-corrected chi connectivity index (χ2v) is 7.20. The number of aromatic nitrogens is 4. The Bertz CT molecular complexity index is 666. The Morgan fingerprint density at radius 2 is 2.08 bits per heavy atom. The van der Waals surface area contributed by atoms with Crippen molar-refractivity contribution in [1.29, 1.82) is 0 Å². The van der Waals surface area contributed by atoms with Crippen molar-refractivity contribution in [1.82, 2.24) is 24.5 Å². The van der Waals surface area contributed by atoms with Crippen molar-refractivity contribution in [3.05, 3.63) is 35.9 Å². The molecule has 1 fully saturated rings. The fourth-order valence-corrected chi connectivity index (χ4v) is 3.53. The van der Waals surface area contributed by atoms with E-state index in [1.165, 1.54) is 11.1 Å². The number of aliphatic hydroxyl groups excluding tert-OH is 1. The van der Waals surface area contributed by atoms with Gasteiger partial charge in [-0.25, -0.2) is 0 Å². The molecule has 3 heterocycles. The first-order valence-corrected chi connectivity index (χ1v) is 8.98. The molecule has 3 rings (SSSR count). The number of methoxy groups -OCH3 is 1. The van der Waals surface area contributed by atoms with E-state index in [0.717, 1.165) is 26.2 Å². The zero-order chi connectivity index (χ0) is 17.8. The molecule has 0 aromatic carbocycles. The summed E-state index contributed by atoms with van der Waals surface area (Å²) in [4.78, 5) is 2.40. The zero-order valence-electron chi connectivity index (χ0n) is 15.4. The van der Waals surface area contributed by atoms with Gasteiger partial charge in [-0.2, -0.15) is 10.2 Å². The lowest BCUT2D eigenvalue weighted by atomic mass is 9.92. The van der Waals surface area contributed by atoms with Crippen molar-refractivity contribution >= 4 is 0 Å². The number of rotatable bonds is 8. The average Bonchev–Trinajstić information content (AvgIpc) is 3.32. The topological polar surface area (TPSA) is 68.3 Å². The number of aliphatic hydroxyl groups is 1. The van der Waals surface area contributed by atoms with Gasteiger partial charge < -0.3 is 9.84 Å². The van der Waals surface area contributed by atoms with Gasteiger partial charge in [0.15, 0.2) is 0 Å². The van der Waals surface area contributed by atoms with Crippen LogP contribution in [0.25, 0.3) is 0 Å². The van der Waals surface area contributed by atoms with Crippen molar-refractivity contribution in [3.63, 3.8) is 0 Å². The third-order valence-electron chi connectivity index (χ3n) is 4.95. The van der Waals surface area contributed by atoms with Crippen LogP contribution in [0, 0.1) is 5.92 Å². The summed E-state index contributed by atoms with van der Waals surface area (Å²) in [6.45, 7) is 8.60. The number of hydrogen-bond donors (Lipinski definition) is 1. The van der Waals surface area contributed by atoms with E-state index >= 15 is 0 Å². The van der Waals surface area contributed by atoms with Gasteiger partial charge in [0.25, 0.3) is 0 Å². The largest absolute Gasteiger partial charge is 0.396 e. The van der Waals surface area contributed by atoms with Crippen molar-refractivity contribution in [2.24, 2.45) is 5.92 Å². The highest BCUT2D eigenvalue weighted by atomic mass is 16.5. The molecule has 2 aromatic heterocycles. The normalized spacial score (nSPS) is 21.5. The molecule has 0 saturated carbocycles. The minimum absolute atomic E-state index is 0.209. The molecular weight excluding hydrogens is 318 g/mol. The van der Waals surface area contributed by atoms with Crippen molar-refractivity contribution in [3.8, 4) is 0 Å². The summed E-state index contributed by atoms with van der Waals surface area (Å²) in [6, 6.07) is 0.358. The van der Waals surface area contributed by atoms with Gasteiger partial charge in [0.1, 0.15) is 0 Å². The SMILES string of the molecule is COCCn1cc(CN2C[C@@H](CO)[C@H](c3cnn(C(C)C)c3)C2)cn1. The molecule has 0 bridgehead atoms. The minimum Gasteiger partial charge on any atom is -0.396 e. The van der Waals surface area contributed by atoms with E-state index in [2.05, 4.69) is 41.3 Å². The summed E-state index contributed by atoms with van der Waals surface area (Å²) in [5, 5.41) is 18.7. The summed E-state index contributed by atoms with van der Waals surface area (Å²) in [7, 11) is 1.70. The lowest BCUT2D eigenvalue weighted by molar-refractivity contribution is 0.183. The molecule has 0 amide bonds. The number of likely N-dealkylation sites (tertiary alicyclic amines) is 1. The van der Waals surface area contributed by atoms with E-state index < -0.39 is 0 Å². The van der Waals surface area contributed by atoms with Crippen molar-refractivity contribution in [2.75, 3.05) is 33.4 Å².